The lowest BCUT2D eigenvalue weighted by molar-refractivity contribution is -0.140. The van der Waals surface area contributed by atoms with Crippen LogP contribution in [0.5, 0.6) is 17.5 Å². The first kappa shape index (κ1) is 20.1. The molecule has 8 heteroatoms. The van der Waals surface area contributed by atoms with Crippen LogP contribution in [0.15, 0.2) is 76.2 Å². The van der Waals surface area contributed by atoms with Gasteiger partial charge in [-0.2, -0.15) is 0 Å². The number of aromatic nitrogens is 2. The summed E-state index contributed by atoms with van der Waals surface area (Å²) in [6.45, 7) is 0. The summed E-state index contributed by atoms with van der Waals surface area (Å²) in [5.74, 6) is -1.20. The molecular formula is C23H18N2O6. The Morgan fingerprint density at radius 1 is 1.10 bits per heavy atom. The highest BCUT2D eigenvalue weighted by Gasteiger charge is 2.27. The minimum atomic E-state index is -0.825. The monoisotopic (exact) mass is 418 g/mol. The molecule has 156 valence electrons. The molecule has 0 saturated heterocycles. The summed E-state index contributed by atoms with van der Waals surface area (Å²) in [6, 6.07) is 15.2. The van der Waals surface area contributed by atoms with Gasteiger partial charge in [0, 0.05) is 18.3 Å². The number of hydrogen-bond donors (Lipinski definition) is 1. The predicted molar refractivity (Wildman–Crippen MR) is 111 cm³/mol. The number of hydrogen-bond acceptors (Lipinski definition) is 8. The number of fused-ring (bicyclic) bond motifs is 1. The van der Waals surface area contributed by atoms with Crippen molar-refractivity contribution >= 4 is 16.9 Å². The van der Waals surface area contributed by atoms with Gasteiger partial charge in [0.05, 0.1) is 24.5 Å². The van der Waals surface area contributed by atoms with Crippen molar-refractivity contribution in [3.05, 3.63) is 88.5 Å². The van der Waals surface area contributed by atoms with Crippen LogP contribution in [0.25, 0.3) is 11.0 Å². The van der Waals surface area contributed by atoms with Gasteiger partial charge in [-0.15, -0.1) is 0 Å². The Balaban J connectivity index is 1.82. The molecule has 0 bridgehead atoms. The normalized spacial score (nSPS) is 11.8. The van der Waals surface area contributed by atoms with Crippen LogP contribution in [-0.4, -0.2) is 28.2 Å². The molecular weight excluding hydrogens is 400 g/mol. The van der Waals surface area contributed by atoms with Gasteiger partial charge in [-0.25, -0.2) is 14.8 Å². The van der Waals surface area contributed by atoms with E-state index in [0.29, 0.717) is 16.7 Å². The summed E-state index contributed by atoms with van der Waals surface area (Å²) in [7, 11) is 1.26. The highest BCUT2D eigenvalue weighted by Crippen LogP contribution is 2.37. The summed E-state index contributed by atoms with van der Waals surface area (Å²) in [4.78, 5) is 33.0. The lowest BCUT2D eigenvalue weighted by Crippen LogP contribution is -2.18. The number of ether oxygens (including phenoxy) is 2. The Kier molecular flexibility index (Phi) is 5.61. The second kappa shape index (κ2) is 8.66. The van der Waals surface area contributed by atoms with E-state index in [1.165, 1.54) is 7.11 Å². The van der Waals surface area contributed by atoms with E-state index >= 15 is 0 Å². The van der Waals surface area contributed by atoms with Crippen LogP contribution in [0.3, 0.4) is 0 Å². The average molecular weight is 418 g/mol. The zero-order valence-electron chi connectivity index (χ0n) is 16.5. The highest BCUT2D eigenvalue weighted by molar-refractivity contribution is 5.84. The topological polar surface area (TPSA) is 112 Å². The van der Waals surface area contributed by atoms with Crippen molar-refractivity contribution < 1.29 is 23.8 Å². The Hall–Kier alpha value is -4.20. The maximum absolute atomic E-state index is 12.8. The molecule has 1 atom stereocenters. The number of benzene rings is 2. The number of methoxy groups -OCH3 is 1. The standard InChI is InChI=1S/C23H18N2O6/c1-29-19(26)13-17(20-21(27)16-8-2-3-9-18(16)31-22(20)28)14-6-4-7-15(12-14)30-23-24-10-5-11-25-23/h2-12,17,27H,13H2,1H3. The van der Waals surface area contributed by atoms with Gasteiger partial charge in [-0.05, 0) is 35.9 Å². The van der Waals surface area contributed by atoms with Crippen LogP contribution in [0.2, 0.25) is 0 Å². The third-order valence-electron chi connectivity index (χ3n) is 4.78. The molecule has 4 rings (SSSR count). The molecule has 0 fully saturated rings. The van der Waals surface area contributed by atoms with E-state index in [4.69, 9.17) is 13.9 Å². The molecule has 2 aromatic heterocycles. The van der Waals surface area contributed by atoms with Crippen LogP contribution in [0.4, 0.5) is 0 Å². The van der Waals surface area contributed by atoms with Crippen molar-refractivity contribution in [1.82, 2.24) is 9.97 Å². The van der Waals surface area contributed by atoms with Gasteiger partial charge in [0.25, 0.3) is 0 Å². The van der Waals surface area contributed by atoms with Crippen molar-refractivity contribution in [1.29, 1.82) is 0 Å². The molecule has 2 heterocycles. The Labute approximate surface area is 176 Å². The molecule has 0 aliphatic rings. The first-order valence-corrected chi connectivity index (χ1v) is 9.43. The SMILES string of the molecule is COC(=O)CC(c1cccc(Oc2ncccn2)c1)c1c(O)c2ccccc2oc1=O. The van der Waals surface area contributed by atoms with Crippen LogP contribution in [-0.2, 0) is 9.53 Å². The summed E-state index contributed by atoms with van der Waals surface area (Å²) in [5.41, 5.74) is 0.0422. The van der Waals surface area contributed by atoms with E-state index in [1.54, 1.807) is 67.0 Å². The zero-order chi connectivity index (χ0) is 21.8. The van der Waals surface area contributed by atoms with Crippen molar-refractivity contribution in [2.24, 2.45) is 0 Å². The van der Waals surface area contributed by atoms with E-state index in [2.05, 4.69) is 9.97 Å². The van der Waals surface area contributed by atoms with Crippen molar-refractivity contribution in [3.63, 3.8) is 0 Å². The van der Waals surface area contributed by atoms with E-state index < -0.39 is 17.5 Å². The van der Waals surface area contributed by atoms with Gasteiger partial charge in [-0.3, -0.25) is 4.79 Å². The number of esters is 1. The molecule has 0 aliphatic carbocycles. The number of carbonyl (C=O) groups is 1. The fourth-order valence-corrected chi connectivity index (χ4v) is 3.33. The maximum Gasteiger partial charge on any atom is 0.343 e. The first-order valence-electron chi connectivity index (χ1n) is 9.43. The summed E-state index contributed by atoms with van der Waals surface area (Å²) in [5, 5.41) is 11.3. The summed E-state index contributed by atoms with van der Waals surface area (Å²) in [6.07, 6.45) is 2.91. The molecule has 0 radical (unpaired) electrons. The van der Waals surface area contributed by atoms with E-state index in [0.717, 1.165) is 0 Å². The molecule has 1 N–H and O–H groups in total. The number of aromatic hydroxyl groups is 1. The number of carbonyl (C=O) groups excluding carboxylic acids is 1. The smallest absolute Gasteiger partial charge is 0.343 e. The molecule has 0 saturated carbocycles. The van der Waals surface area contributed by atoms with Gasteiger partial charge in [0.1, 0.15) is 17.1 Å². The number of para-hydroxylation sites is 1. The lowest BCUT2D eigenvalue weighted by Gasteiger charge is -2.18. The molecule has 0 spiro atoms. The zero-order valence-corrected chi connectivity index (χ0v) is 16.5. The quantitative estimate of drug-likeness (QED) is 0.372. The van der Waals surface area contributed by atoms with Gasteiger partial charge in [0.15, 0.2) is 0 Å². The second-order valence-corrected chi connectivity index (χ2v) is 6.69. The number of rotatable bonds is 6. The van der Waals surface area contributed by atoms with Gasteiger partial charge in [0.2, 0.25) is 0 Å². The number of nitrogens with zero attached hydrogens (tertiary/aromatic N) is 2. The largest absolute Gasteiger partial charge is 0.507 e. The molecule has 31 heavy (non-hydrogen) atoms. The van der Waals surface area contributed by atoms with Crippen LogP contribution in [0.1, 0.15) is 23.5 Å². The molecule has 1 unspecified atom stereocenters. The molecule has 8 nitrogen and oxygen atoms in total. The molecule has 4 aromatic rings. The molecule has 2 aromatic carbocycles. The second-order valence-electron chi connectivity index (χ2n) is 6.69. The van der Waals surface area contributed by atoms with Gasteiger partial charge >= 0.3 is 17.6 Å². The van der Waals surface area contributed by atoms with Crippen LogP contribution in [0, 0.1) is 0 Å². The molecule has 0 aliphatic heterocycles. The fraction of sp³-hybridized carbons (Fsp3) is 0.130. The minimum Gasteiger partial charge on any atom is -0.507 e. The van der Waals surface area contributed by atoms with Crippen molar-refractivity contribution in [3.8, 4) is 17.5 Å². The van der Waals surface area contributed by atoms with Crippen LogP contribution >= 0.6 is 0 Å². The maximum atomic E-state index is 12.8. The third kappa shape index (κ3) is 4.23. The third-order valence-corrected chi connectivity index (χ3v) is 4.78. The highest BCUT2D eigenvalue weighted by atomic mass is 16.5. The average Bonchev–Trinajstić information content (AvgIpc) is 2.79. The summed E-state index contributed by atoms with van der Waals surface area (Å²) < 4.78 is 15.9. The Morgan fingerprint density at radius 3 is 2.65 bits per heavy atom. The van der Waals surface area contributed by atoms with E-state index in [9.17, 15) is 14.7 Å². The lowest BCUT2D eigenvalue weighted by atomic mass is 9.88. The minimum absolute atomic E-state index is 0.0304. The van der Waals surface area contributed by atoms with Crippen molar-refractivity contribution in [2.75, 3.05) is 7.11 Å². The van der Waals surface area contributed by atoms with Gasteiger partial charge < -0.3 is 19.0 Å². The van der Waals surface area contributed by atoms with Crippen molar-refractivity contribution in [2.45, 2.75) is 12.3 Å². The van der Waals surface area contributed by atoms with Gasteiger partial charge in [-0.1, -0.05) is 24.3 Å². The molecule has 0 amide bonds. The Morgan fingerprint density at radius 2 is 1.87 bits per heavy atom. The fourth-order valence-electron chi connectivity index (χ4n) is 3.33. The van der Waals surface area contributed by atoms with E-state index in [1.807, 2.05) is 0 Å². The first-order chi connectivity index (χ1) is 15.1. The summed E-state index contributed by atoms with van der Waals surface area (Å²) >= 11 is 0. The Bertz CT molecular complexity index is 1290. The predicted octanol–water partition coefficient (Wildman–Crippen LogP) is 3.78. The van der Waals surface area contributed by atoms with Crippen LogP contribution < -0.4 is 10.4 Å². The van der Waals surface area contributed by atoms with E-state index in [-0.39, 0.29) is 29.3 Å².